The van der Waals surface area contributed by atoms with E-state index in [1.54, 1.807) is 16.7 Å². The van der Waals surface area contributed by atoms with E-state index in [2.05, 4.69) is 0 Å². The molecule has 1 aliphatic heterocycles. The molecule has 0 spiro atoms. The molecular weight excluding hydrogens is 228 g/mol. The minimum atomic E-state index is -0.249. The van der Waals surface area contributed by atoms with E-state index in [9.17, 15) is 4.79 Å². The van der Waals surface area contributed by atoms with Crippen molar-refractivity contribution in [3.63, 3.8) is 0 Å². The molecule has 0 bridgehead atoms. The second-order valence-corrected chi connectivity index (χ2v) is 6.09. The van der Waals surface area contributed by atoms with Crippen LogP contribution in [0, 0.1) is 0 Å². The van der Waals surface area contributed by atoms with Gasteiger partial charge < -0.3 is 10.6 Å². The average Bonchev–Trinajstić information content (AvgIpc) is 2.61. The van der Waals surface area contributed by atoms with Gasteiger partial charge in [0.2, 0.25) is 5.91 Å². The zero-order valence-electron chi connectivity index (χ0n) is 9.28. The molecule has 0 aromatic heterocycles. The summed E-state index contributed by atoms with van der Waals surface area (Å²) in [6.45, 7) is 5.06. The summed E-state index contributed by atoms with van der Waals surface area (Å²) in [7, 11) is 0. The third-order valence-electron chi connectivity index (χ3n) is 2.69. The van der Waals surface area contributed by atoms with Gasteiger partial charge >= 0.3 is 0 Å². The monoisotopic (exact) mass is 246 g/mol. The first-order chi connectivity index (χ1) is 6.99. The standard InChI is InChI=1S/C10H18N2OS2/c1-3-12(7-8(11)14)9(13)10(2)5-4-6-15-10/h3-7H2,1-2H3,(H2,11,14). The van der Waals surface area contributed by atoms with Crippen molar-refractivity contribution in [2.75, 3.05) is 18.8 Å². The minimum Gasteiger partial charge on any atom is -0.392 e. The first kappa shape index (κ1) is 12.8. The van der Waals surface area contributed by atoms with E-state index in [-0.39, 0.29) is 10.7 Å². The van der Waals surface area contributed by atoms with E-state index in [1.807, 2.05) is 13.8 Å². The molecule has 1 atom stereocenters. The van der Waals surface area contributed by atoms with Crippen molar-refractivity contribution in [2.45, 2.75) is 31.4 Å². The number of thioether (sulfide) groups is 1. The average molecular weight is 246 g/mol. The van der Waals surface area contributed by atoms with E-state index in [0.717, 1.165) is 18.6 Å². The number of carbonyl (C=O) groups is 1. The van der Waals surface area contributed by atoms with E-state index >= 15 is 0 Å². The molecule has 5 heteroatoms. The van der Waals surface area contributed by atoms with Crippen molar-refractivity contribution in [1.29, 1.82) is 0 Å². The van der Waals surface area contributed by atoms with Crippen LogP contribution >= 0.6 is 24.0 Å². The molecule has 1 rings (SSSR count). The molecule has 3 nitrogen and oxygen atoms in total. The summed E-state index contributed by atoms with van der Waals surface area (Å²) < 4.78 is -0.249. The summed E-state index contributed by atoms with van der Waals surface area (Å²) in [6.07, 6.45) is 2.09. The van der Waals surface area contributed by atoms with Gasteiger partial charge in [-0.25, -0.2) is 0 Å². The van der Waals surface area contributed by atoms with E-state index in [0.29, 0.717) is 18.1 Å². The molecule has 1 amide bonds. The first-order valence-corrected chi connectivity index (χ1v) is 6.60. The molecule has 0 aromatic rings. The Labute approximate surface area is 101 Å². The number of hydrogen-bond donors (Lipinski definition) is 1. The maximum absolute atomic E-state index is 12.2. The first-order valence-electron chi connectivity index (χ1n) is 5.21. The summed E-state index contributed by atoms with van der Waals surface area (Å²) in [4.78, 5) is 14.4. The predicted octanol–water partition coefficient (Wildman–Crippen LogP) is 1.41. The summed E-state index contributed by atoms with van der Waals surface area (Å²) in [5.41, 5.74) is 5.48. The molecule has 0 aromatic carbocycles. The van der Waals surface area contributed by atoms with E-state index in [1.165, 1.54) is 0 Å². The normalized spacial score (nSPS) is 25.2. The minimum absolute atomic E-state index is 0.181. The lowest BCUT2D eigenvalue weighted by Gasteiger charge is -2.29. The molecule has 1 fully saturated rings. The Morgan fingerprint density at radius 1 is 1.67 bits per heavy atom. The van der Waals surface area contributed by atoms with Crippen molar-refractivity contribution < 1.29 is 4.79 Å². The van der Waals surface area contributed by atoms with Gasteiger partial charge in [0.05, 0.1) is 16.3 Å². The molecule has 0 aliphatic carbocycles. The van der Waals surface area contributed by atoms with Crippen LogP contribution in [0.5, 0.6) is 0 Å². The highest BCUT2D eigenvalue weighted by Crippen LogP contribution is 2.39. The maximum Gasteiger partial charge on any atom is 0.238 e. The molecule has 1 saturated heterocycles. The van der Waals surface area contributed by atoms with Crippen molar-refractivity contribution in [3.8, 4) is 0 Å². The SMILES string of the molecule is CCN(CC(N)=S)C(=O)C1(C)CCCS1. The topological polar surface area (TPSA) is 46.3 Å². The summed E-state index contributed by atoms with van der Waals surface area (Å²) >= 11 is 6.59. The number of carbonyl (C=O) groups excluding carboxylic acids is 1. The highest BCUT2D eigenvalue weighted by atomic mass is 32.2. The Bertz CT molecular complexity index is 262. The van der Waals surface area contributed by atoms with Crippen LogP contribution in [0.25, 0.3) is 0 Å². The van der Waals surface area contributed by atoms with Gasteiger partial charge in [-0.15, -0.1) is 11.8 Å². The third kappa shape index (κ3) is 3.08. The van der Waals surface area contributed by atoms with Gasteiger partial charge in [0.1, 0.15) is 0 Å². The number of rotatable bonds is 4. The van der Waals surface area contributed by atoms with Gasteiger partial charge in [0, 0.05) is 6.54 Å². The van der Waals surface area contributed by atoms with E-state index < -0.39 is 0 Å². The van der Waals surface area contributed by atoms with Crippen LogP contribution in [0.4, 0.5) is 0 Å². The lowest BCUT2D eigenvalue weighted by molar-refractivity contribution is -0.132. The molecule has 1 unspecified atom stereocenters. The lowest BCUT2D eigenvalue weighted by atomic mass is 10.0. The van der Waals surface area contributed by atoms with Gasteiger partial charge in [-0.1, -0.05) is 12.2 Å². The fourth-order valence-corrected chi connectivity index (χ4v) is 3.23. The maximum atomic E-state index is 12.2. The highest BCUT2D eigenvalue weighted by molar-refractivity contribution is 8.01. The second-order valence-electron chi connectivity index (χ2n) is 3.97. The fourth-order valence-electron chi connectivity index (χ4n) is 1.80. The quantitative estimate of drug-likeness (QED) is 0.762. The van der Waals surface area contributed by atoms with Gasteiger partial charge in [0.15, 0.2) is 0 Å². The summed E-state index contributed by atoms with van der Waals surface area (Å²) in [5, 5.41) is 0. The van der Waals surface area contributed by atoms with Gasteiger partial charge in [0.25, 0.3) is 0 Å². The van der Waals surface area contributed by atoms with Crippen LogP contribution < -0.4 is 5.73 Å². The predicted molar refractivity (Wildman–Crippen MR) is 69.1 cm³/mol. The smallest absolute Gasteiger partial charge is 0.238 e. The van der Waals surface area contributed by atoms with Crippen LogP contribution in [0.3, 0.4) is 0 Å². The zero-order valence-corrected chi connectivity index (χ0v) is 10.9. The zero-order chi connectivity index (χ0) is 11.5. The Balaban J connectivity index is 2.67. The van der Waals surface area contributed by atoms with Gasteiger partial charge in [-0.2, -0.15) is 0 Å². The Morgan fingerprint density at radius 2 is 2.33 bits per heavy atom. The van der Waals surface area contributed by atoms with Crippen LogP contribution in [0.15, 0.2) is 0 Å². The van der Waals surface area contributed by atoms with Crippen LogP contribution in [0.1, 0.15) is 26.7 Å². The molecule has 0 radical (unpaired) electrons. The van der Waals surface area contributed by atoms with Crippen LogP contribution in [0.2, 0.25) is 0 Å². The third-order valence-corrected chi connectivity index (χ3v) is 4.32. The number of likely N-dealkylation sites (N-methyl/N-ethyl adjacent to an activating group) is 1. The molecule has 0 saturated carbocycles. The van der Waals surface area contributed by atoms with Crippen molar-refractivity contribution in [3.05, 3.63) is 0 Å². The van der Waals surface area contributed by atoms with E-state index in [4.69, 9.17) is 18.0 Å². The number of hydrogen-bond acceptors (Lipinski definition) is 3. The molecule has 15 heavy (non-hydrogen) atoms. The second kappa shape index (κ2) is 5.16. The van der Waals surface area contributed by atoms with Crippen molar-refractivity contribution in [2.24, 2.45) is 5.73 Å². The van der Waals surface area contributed by atoms with Crippen molar-refractivity contribution >= 4 is 34.9 Å². The fraction of sp³-hybridized carbons (Fsp3) is 0.800. The van der Waals surface area contributed by atoms with Crippen molar-refractivity contribution in [1.82, 2.24) is 4.90 Å². The van der Waals surface area contributed by atoms with Gasteiger partial charge in [-0.3, -0.25) is 4.79 Å². The molecule has 1 heterocycles. The highest BCUT2D eigenvalue weighted by Gasteiger charge is 2.39. The number of amides is 1. The Hall–Kier alpha value is -0.290. The lowest BCUT2D eigenvalue weighted by Crippen LogP contribution is -2.46. The molecular formula is C10H18N2OS2. The number of nitrogens with zero attached hydrogens (tertiary/aromatic N) is 1. The molecule has 86 valence electrons. The number of thiocarbonyl (C=S) groups is 1. The van der Waals surface area contributed by atoms with Crippen LogP contribution in [-0.4, -0.2) is 39.4 Å². The Kier molecular flexibility index (Phi) is 4.40. The molecule has 2 N–H and O–H groups in total. The summed E-state index contributed by atoms with van der Waals surface area (Å²) in [5.74, 6) is 1.26. The summed E-state index contributed by atoms with van der Waals surface area (Å²) in [6, 6.07) is 0. The number of nitrogens with two attached hydrogens (primary N) is 1. The van der Waals surface area contributed by atoms with Crippen LogP contribution in [-0.2, 0) is 4.79 Å². The largest absolute Gasteiger partial charge is 0.392 e. The molecule has 1 aliphatic rings. The Morgan fingerprint density at radius 3 is 2.73 bits per heavy atom. The van der Waals surface area contributed by atoms with Gasteiger partial charge in [-0.05, 0) is 32.4 Å².